The maximum Gasteiger partial charge on any atom is 0.138 e. The van der Waals surface area contributed by atoms with Crippen LogP contribution in [-0.2, 0) is 0 Å². The zero-order valence-corrected chi connectivity index (χ0v) is 10.4. The number of pyridine rings is 1. The Labute approximate surface area is 103 Å². The molecule has 0 spiro atoms. The SMILES string of the molecule is CCCN1C[C@H]2CC[C@H]1[C@@H]2Oc1cccnc1. The first-order valence-electron chi connectivity index (χ1n) is 6.69. The summed E-state index contributed by atoms with van der Waals surface area (Å²) >= 11 is 0. The molecule has 92 valence electrons. The maximum absolute atomic E-state index is 6.13. The molecule has 1 aliphatic carbocycles. The fourth-order valence-electron chi connectivity index (χ4n) is 3.34. The van der Waals surface area contributed by atoms with E-state index in [2.05, 4.69) is 16.8 Å². The zero-order valence-electron chi connectivity index (χ0n) is 10.4. The Kier molecular flexibility index (Phi) is 3.02. The van der Waals surface area contributed by atoms with Crippen molar-refractivity contribution in [3.8, 4) is 5.75 Å². The van der Waals surface area contributed by atoms with E-state index in [1.165, 1.54) is 32.4 Å². The van der Waals surface area contributed by atoms with Crippen LogP contribution in [0.4, 0.5) is 0 Å². The van der Waals surface area contributed by atoms with Crippen molar-refractivity contribution in [3.05, 3.63) is 24.5 Å². The van der Waals surface area contributed by atoms with E-state index in [0.29, 0.717) is 12.1 Å². The molecule has 2 heterocycles. The molecular formula is C14H20N2O. The van der Waals surface area contributed by atoms with Crippen molar-refractivity contribution in [2.45, 2.75) is 38.3 Å². The lowest BCUT2D eigenvalue weighted by Gasteiger charge is -2.26. The first-order chi connectivity index (χ1) is 8.38. The molecule has 3 nitrogen and oxygen atoms in total. The van der Waals surface area contributed by atoms with Crippen LogP contribution in [-0.4, -0.2) is 35.1 Å². The van der Waals surface area contributed by atoms with Crippen LogP contribution < -0.4 is 4.74 Å². The Morgan fingerprint density at radius 2 is 2.41 bits per heavy atom. The Balaban J connectivity index is 1.69. The van der Waals surface area contributed by atoms with Crippen molar-refractivity contribution >= 4 is 0 Å². The second kappa shape index (κ2) is 4.65. The fourth-order valence-corrected chi connectivity index (χ4v) is 3.34. The lowest BCUT2D eigenvalue weighted by atomic mass is 10.1. The molecule has 1 aromatic rings. The largest absolute Gasteiger partial charge is 0.487 e. The van der Waals surface area contributed by atoms with E-state index < -0.39 is 0 Å². The van der Waals surface area contributed by atoms with Gasteiger partial charge < -0.3 is 4.74 Å². The topological polar surface area (TPSA) is 25.4 Å². The minimum atomic E-state index is 0.394. The first-order valence-corrected chi connectivity index (χ1v) is 6.69. The van der Waals surface area contributed by atoms with E-state index in [4.69, 9.17) is 4.74 Å². The maximum atomic E-state index is 6.13. The summed E-state index contributed by atoms with van der Waals surface area (Å²) in [6, 6.07) is 4.59. The number of piperidine rings is 1. The van der Waals surface area contributed by atoms with Crippen LogP contribution >= 0.6 is 0 Å². The van der Waals surface area contributed by atoms with Crippen LogP contribution in [0.15, 0.2) is 24.5 Å². The highest BCUT2D eigenvalue weighted by Gasteiger charge is 2.47. The molecule has 2 bridgehead atoms. The molecule has 1 aliphatic heterocycles. The second-order valence-corrected chi connectivity index (χ2v) is 5.17. The molecule has 1 aromatic heterocycles. The van der Waals surface area contributed by atoms with Crippen molar-refractivity contribution in [2.75, 3.05) is 13.1 Å². The molecule has 0 aromatic carbocycles. The van der Waals surface area contributed by atoms with Crippen molar-refractivity contribution in [1.82, 2.24) is 9.88 Å². The second-order valence-electron chi connectivity index (χ2n) is 5.17. The molecule has 0 radical (unpaired) electrons. The number of hydrogen-bond donors (Lipinski definition) is 0. The van der Waals surface area contributed by atoms with Gasteiger partial charge in [-0.05, 0) is 37.9 Å². The van der Waals surface area contributed by atoms with Gasteiger partial charge in [0.25, 0.3) is 0 Å². The lowest BCUT2D eigenvalue weighted by Crippen LogP contribution is -2.36. The number of hydrogen-bond acceptors (Lipinski definition) is 3. The van der Waals surface area contributed by atoms with Gasteiger partial charge in [0, 0.05) is 24.7 Å². The monoisotopic (exact) mass is 232 g/mol. The van der Waals surface area contributed by atoms with Crippen molar-refractivity contribution < 1.29 is 4.74 Å². The number of ether oxygens (including phenoxy) is 1. The van der Waals surface area contributed by atoms with Crippen LogP contribution in [0.5, 0.6) is 5.75 Å². The molecule has 3 atom stereocenters. The smallest absolute Gasteiger partial charge is 0.138 e. The van der Waals surface area contributed by atoms with Gasteiger partial charge in [0.2, 0.25) is 0 Å². The van der Waals surface area contributed by atoms with Crippen LogP contribution in [0.1, 0.15) is 26.2 Å². The quantitative estimate of drug-likeness (QED) is 0.796. The lowest BCUT2D eigenvalue weighted by molar-refractivity contribution is 0.145. The van der Waals surface area contributed by atoms with Gasteiger partial charge in [-0.2, -0.15) is 0 Å². The summed E-state index contributed by atoms with van der Waals surface area (Å²) in [6.45, 7) is 4.69. The van der Waals surface area contributed by atoms with Gasteiger partial charge in [-0.3, -0.25) is 9.88 Å². The molecule has 0 N–H and O–H groups in total. The molecule has 2 fully saturated rings. The molecule has 2 aliphatic rings. The molecule has 1 saturated heterocycles. The van der Waals surface area contributed by atoms with Crippen molar-refractivity contribution in [1.29, 1.82) is 0 Å². The van der Waals surface area contributed by atoms with Crippen molar-refractivity contribution in [2.24, 2.45) is 5.92 Å². The van der Waals surface area contributed by atoms with Crippen molar-refractivity contribution in [3.63, 3.8) is 0 Å². The third-order valence-corrected chi connectivity index (χ3v) is 4.03. The van der Waals surface area contributed by atoms with E-state index in [1.54, 1.807) is 6.20 Å². The minimum absolute atomic E-state index is 0.394. The molecule has 3 heteroatoms. The Bertz CT molecular complexity index is 368. The highest BCUT2D eigenvalue weighted by molar-refractivity contribution is 5.17. The zero-order chi connectivity index (χ0) is 11.7. The van der Waals surface area contributed by atoms with Gasteiger partial charge >= 0.3 is 0 Å². The number of aromatic nitrogens is 1. The summed E-state index contributed by atoms with van der Waals surface area (Å²) in [5, 5.41) is 0. The van der Waals surface area contributed by atoms with E-state index in [-0.39, 0.29) is 0 Å². The number of fused-ring (bicyclic) bond motifs is 2. The van der Waals surface area contributed by atoms with E-state index >= 15 is 0 Å². The molecule has 17 heavy (non-hydrogen) atoms. The summed E-state index contributed by atoms with van der Waals surface area (Å²) in [5.74, 6) is 1.65. The average Bonchev–Trinajstić information content (AvgIpc) is 2.88. The predicted octanol–water partition coefficient (Wildman–Crippen LogP) is 2.33. The average molecular weight is 232 g/mol. The third-order valence-electron chi connectivity index (χ3n) is 4.03. The summed E-state index contributed by atoms with van der Waals surface area (Å²) in [7, 11) is 0. The normalized spacial score (nSPS) is 31.9. The minimum Gasteiger partial charge on any atom is -0.487 e. The fraction of sp³-hybridized carbons (Fsp3) is 0.643. The van der Waals surface area contributed by atoms with Gasteiger partial charge in [-0.15, -0.1) is 0 Å². The van der Waals surface area contributed by atoms with E-state index in [1.807, 2.05) is 18.3 Å². The number of rotatable bonds is 4. The molecule has 0 unspecified atom stereocenters. The third kappa shape index (κ3) is 2.04. The number of nitrogens with zero attached hydrogens (tertiary/aromatic N) is 2. The predicted molar refractivity (Wildman–Crippen MR) is 67.0 cm³/mol. The van der Waals surface area contributed by atoms with Gasteiger partial charge in [0.1, 0.15) is 11.9 Å². The Morgan fingerprint density at radius 3 is 3.18 bits per heavy atom. The summed E-state index contributed by atoms with van der Waals surface area (Å²) in [4.78, 5) is 6.72. The molecule has 3 rings (SSSR count). The molecule has 1 saturated carbocycles. The van der Waals surface area contributed by atoms with Crippen LogP contribution in [0.25, 0.3) is 0 Å². The summed E-state index contributed by atoms with van der Waals surface area (Å²) in [6.07, 6.45) is 7.88. The Hall–Kier alpha value is -1.09. The van der Waals surface area contributed by atoms with Gasteiger partial charge in [0.15, 0.2) is 0 Å². The summed E-state index contributed by atoms with van der Waals surface area (Å²) < 4.78 is 6.13. The van der Waals surface area contributed by atoms with Crippen LogP contribution in [0, 0.1) is 5.92 Å². The van der Waals surface area contributed by atoms with Gasteiger partial charge in [-0.1, -0.05) is 6.92 Å². The van der Waals surface area contributed by atoms with Gasteiger partial charge in [0.05, 0.1) is 6.20 Å². The number of likely N-dealkylation sites (tertiary alicyclic amines) is 1. The van der Waals surface area contributed by atoms with E-state index in [9.17, 15) is 0 Å². The van der Waals surface area contributed by atoms with Gasteiger partial charge in [-0.25, -0.2) is 0 Å². The molecular weight excluding hydrogens is 212 g/mol. The standard InChI is InChI=1S/C14H20N2O/c1-2-8-16-10-11-5-6-13(16)14(11)17-12-4-3-7-15-9-12/h3-4,7,9,11,13-14H,2,5-6,8,10H2,1H3/t11-,13+,14-/m1/s1. The highest BCUT2D eigenvalue weighted by atomic mass is 16.5. The molecule has 0 amide bonds. The van der Waals surface area contributed by atoms with Crippen LogP contribution in [0.2, 0.25) is 0 Å². The first kappa shape index (κ1) is 11.0. The highest BCUT2D eigenvalue weighted by Crippen LogP contribution is 2.40. The Morgan fingerprint density at radius 1 is 1.47 bits per heavy atom. The summed E-state index contributed by atoms with van der Waals surface area (Å²) in [5.41, 5.74) is 0. The van der Waals surface area contributed by atoms with E-state index in [0.717, 1.165) is 11.7 Å². The van der Waals surface area contributed by atoms with Crippen LogP contribution in [0.3, 0.4) is 0 Å².